The number of aliphatic hydroxyl groups is 1. The molecule has 3 aromatic carbocycles. The number of rotatable bonds is 12. The number of benzene rings is 3. The number of nitrogens with one attached hydrogen (secondary N) is 3. The van der Waals surface area contributed by atoms with Crippen LogP contribution in [0, 0.1) is 0 Å². The van der Waals surface area contributed by atoms with Crippen LogP contribution < -0.4 is 14.8 Å². The minimum absolute atomic E-state index is 0.00110. The SMILES string of the molecule is CN(Cc1ccccc1)S(=O)(=O)Nc1cc(C(O)CNCCOc2ccc3c4c([nH]c3c2)CCCC4)ccc1O. The minimum Gasteiger partial charge on any atom is -0.506 e. The van der Waals surface area contributed by atoms with Gasteiger partial charge in [0.05, 0.1) is 11.8 Å². The third-order valence-electron chi connectivity index (χ3n) is 7.26. The standard InChI is InChI=1S/C30H36N4O5S/c1-34(20-21-7-3-2-4-8-21)40(37,38)33-28-17-22(11-14-29(28)35)30(36)19-31-15-16-39-23-12-13-25-24-9-5-6-10-26(24)32-27(25)18-23/h2-4,7-8,11-14,17-18,30-33,35-36H,5-6,9-10,15-16,19-20H2,1H3. The molecule has 10 heteroatoms. The Balaban J connectivity index is 1.11. The van der Waals surface area contributed by atoms with Crippen molar-refractivity contribution in [1.82, 2.24) is 14.6 Å². The third-order valence-corrected chi connectivity index (χ3v) is 8.69. The first-order valence-corrected chi connectivity index (χ1v) is 15.0. The monoisotopic (exact) mass is 564 g/mol. The molecule has 0 spiro atoms. The Morgan fingerprint density at radius 3 is 2.67 bits per heavy atom. The highest BCUT2D eigenvalue weighted by atomic mass is 32.2. The molecule has 0 amide bonds. The van der Waals surface area contributed by atoms with Crippen LogP contribution in [-0.4, -0.2) is 54.7 Å². The summed E-state index contributed by atoms with van der Waals surface area (Å²) < 4.78 is 35.2. The molecule has 1 aromatic heterocycles. The Morgan fingerprint density at radius 2 is 1.85 bits per heavy atom. The highest BCUT2D eigenvalue weighted by Crippen LogP contribution is 2.31. The summed E-state index contributed by atoms with van der Waals surface area (Å²) in [6, 6.07) is 19.8. The summed E-state index contributed by atoms with van der Waals surface area (Å²) in [4.78, 5) is 3.54. The van der Waals surface area contributed by atoms with Crippen LogP contribution in [0.5, 0.6) is 11.5 Å². The number of hydrogen-bond donors (Lipinski definition) is 5. The Bertz CT molecular complexity index is 1560. The molecule has 0 aliphatic heterocycles. The van der Waals surface area contributed by atoms with Crippen LogP contribution in [0.4, 0.5) is 5.69 Å². The fourth-order valence-corrected chi connectivity index (χ4v) is 5.98. The lowest BCUT2D eigenvalue weighted by atomic mass is 9.96. The van der Waals surface area contributed by atoms with Gasteiger partial charge in [-0.25, -0.2) is 0 Å². The fourth-order valence-electron chi connectivity index (χ4n) is 5.07. The number of phenolic OH excluding ortho intramolecular Hbond substituents is 1. The van der Waals surface area contributed by atoms with Crippen LogP contribution in [0.3, 0.4) is 0 Å². The molecule has 0 radical (unpaired) electrons. The molecule has 1 atom stereocenters. The zero-order chi connectivity index (χ0) is 28.1. The number of fused-ring (bicyclic) bond motifs is 3. The van der Waals surface area contributed by atoms with Crippen molar-refractivity contribution in [1.29, 1.82) is 0 Å². The van der Waals surface area contributed by atoms with Crippen LogP contribution in [-0.2, 0) is 29.6 Å². The van der Waals surface area contributed by atoms with Crippen molar-refractivity contribution < 1.29 is 23.4 Å². The van der Waals surface area contributed by atoms with E-state index >= 15 is 0 Å². The van der Waals surface area contributed by atoms with Crippen LogP contribution in [0.1, 0.15) is 41.3 Å². The van der Waals surface area contributed by atoms with Gasteiger partial charge >= 0.3 is 10.2 Å². The smallest absolute Gasteiger partial charge is 0.301 e. The van der Waals surface area contributed by atoms with E-state index in [2.05, 4.69) is 21.1 Å². The molecular formula is C30H36N4O5S. The number of hydrogen-bond acceptors (Lipinski definition) is 6. The van der Waals surface area contributed by atoms with Crippen molar-refractivity contribution >= 4 is 26.8 Å². The Labute approximate surface area is 235 Å². The average molecular weight is 565 g/mol. The van der Waals surface area contributed by atoms with Crippen molar-refractivity contribution in [3.05, 3.63) is 89.1 Å². The lowest BCUT2D eigenvalue weighted by Crippen LogP contribution is -2.32. The first kappa shape index (κ1) is 28.0. The number of aromatic nitrogens is 1. The summed E-state index contributed by atoms with van der Waals surface area (Å²) in [5.74, 6) is 0.565. The highest BCUT2D eigenvalue weighted by Gasteiger charge is 2.21. The number of H-pyrrole nitrogens is 1. The summed E-state index contributed by atoms with van der Waals surface area (Å²) in [5.41, 5.74) is 5.20. The first-order chi connectivity index (χ1) is 19.3. The molecule has 5 N–H and O–H groups in total. The second-order valence-corrected chi connectivity index (χ2v) is 12.0. The fraction of sp³-hybridized carbons (Fsp3) is 0.333. The van der Waals surface area contributed by atoms with Crippen molar-refractivity contribution in [2.24, 2.45) is 0 Å². The molecule has 40 heavy (non-hydrogen) atoms. The van der Waals surface area contributed by atoms with Gasteiger partial charge in [-0.15, -0.1) is 0 Å². The molecule has 212 valence electrons. The molecule has 1 aliphatic rings. The Kier molecular flexibility index (Phi) is 8.60. The molecule has 0 saturated carbocycles. The molecule has 9 nitrogen and oxygen atoms in total. The van der Waals surface area contributed by atoms with E-state index in [1.165, 1.54) is 48.7 Å². The van der Waals surface area contributed by atoms with Gasteiger partial charge in [-0.05, 0) is 66.6 Å². The predicted octanol–water partition coefficient (Wildman–Crippen LogP) is 4.24. The van der Waals surface area contributed by atoms with Crippen molar-refractivity contribution in [2.75, 3.05) is 31.5 Å². The van der Waals surface area contributed by atoms with E-state index < -0.39 is 16.3 Å². The largest absolute Gasteiger partial charge is 0.506 e. The molecule has 1 aliphatic carbocycles. The Hall–Kier alpha value is -3.57. The normalized spacial score (nSPS) is 14.3. The van der Waals surface area contributed by atoms with Gasteiger partial charge in [-0.1, -0.05) is 36.4 Å². The van der Waals surface area contributed by atoms with Gasteiger partial charge in [-0.2, -0.15) is 12.7 Å². The quantitative estimate of drug-likeness (QED) is 0.129. The minimum atomic E-state index is -3.93. The summed E-state index contributed by atoms with van der Waals surface area (Å²) in [7, 11) is -2.48. The zero-order valence-electron chi connectivity index (χ0n) is 22.6. The second-order valence-electron chi connectivity index (χ2n) is 10.2. The molecule has 1 unspecified atom stereocenters. The lowest BCUT2D eigenvalue weighted by molar-refractivity contribution is 0.172. The number of aromatic amines is 1. The first-order valence-electron chi connectivity index (χ1n) is 13.6. The van der Waals surface area contributed by atoms with Gasteiger partial charge in [0.15, 0.2) is 0 Å². The van der Waals surface area contributed by atoms with E-state index in [-0.39, 0.29) is 24.5 Å². The van der Waals surface area contributed by atoms with Gasteiger partial charge in [0, 0.05) is 49.3 Å². The van der Waals surface area contributed by atoms with E-state index in [0.717, 1.165) is 34.0 Å². The second kappa shape index (κ2) is 12.3. The van der Waals surface area contributed by atoms with Crippen molar-refractivity contribution in [3.63, 3.8) is 0 Å². The maximum absolute atomic E-state index is 12.8. The van der Waals surface area contributed by atoms with E-state index in [1.807, 2.05) is 42.5 Å². The van der Waals surface area contributed by atoms with Crippen LogP contribution in [0.15, 0.2) is 66.7 Å². The number of nitrogens with zero attached hydrogens (tertiary/aromatic N) is 1. The van der Waals surface area contributed by atoms with Crippen LogP contribution in [0.25, 0.3) is 10.9 Å². The number of phenols is 1. The number of aromatic hydroxyl groups is 1. The summed E-state index contributed by atoms with van der Waals surface area (Å²) in [6.07, 6.45) is 3.79. The summed E-state index contributed by atoms with van der Waals surface area (Å²) in [5, 5.41) is 25.4. The maximum Gasteiger partial charge on any atom is 0.301 e. The third kappa shape index (κ3) is 6.59. The van der Waals surface area contributed by atoms with Crippen molar-refractivity contribution in [3.8, 4) is 11.5 Å². The highest BCUT2D eigenvalue weighted by molar-refractivity contribution is 7.90. The molecule has 5 rings (SSSR count). The summed E-state index contributed by atoms with van der Waals surface area (Å²) in [6.45, 7) is 1.34. The maximum atomic E-state index is 12.8. The van der Waals surface area contributed by atoms with Crippen LogP contribution >= 0.6 is 0 Å². The van der Waals surface area contributed by atoms with Gasteiger partial charge < -0.3 is 25.3 Å². The van der Waals surface area contributed by atoms with E-state index in [4.69, 9.17) is 4.74 Å². The summed E-state index contributed by atoms with van der Waals surface area (Å²) >= 11 is 0. The van der Waals surface area contributed by atoms with Gasteiger partial charge in [0.1, 0.15) is 18.1 Å². The molecule has 0 fully saturated rings. The lowest BCUT2D eigenvalue weighted by Gasteiger charge is -2.20. The average Bonchev–Trinajstić information content (AvgIpc) is 3.32. The predicted molar refractivity (Wildman–Crippen MR) is 157 cm³/mol. The van der Waals surface area contributed by atoms with E-state index in [9.17, 15) is 18.6 Å². The van der Waals surface area contributed by atoms with E-state index in [0.29, 0.717) is 18.7 Å². The van der Waals surface area contributed by atoms with Gasteiger partial charge in [-0.3, -0.25) is 4.72 Å². The molecular weight excluding hydrogens is 528 g/mol. The number of anilines is 1. The topological polar surface area (TPSA) is 127 Å². The van der Waals surface area contributed by atoms with Crippen LogP contribution in [0.2, 0.25) is 0 Å². The van der Waals surface area contributed by atoms with E-state index in [1.54, 1.807) is 6.07 Å². The van der Waals surface area contributed by atoms with Crippen molar-refractivity contribution in [2.45, 2.75) is 38.3 Å². The van der Waals surface area contributed by atoms with Gasteiger partial charge in [0.25, 0.3) is 0 Å². The number of aliphatic hydroxyl groups excluding tert-OH is 1. The Morgan fingerprint density at radius 1 is 1.05 bits per heavy atom. The van der Waals surface area contributed by atoms with Gasteiger partial charge in [0.2, 0.25) is 0 Å². The zero-order valence-corrected chi connectivity index (χ0v) is 23.4. The molecule has 0 saturated heterocycles. The molecule has 4 aromatic rings. The number of ether oxygens (including phenoxy) is 1. The molecule has 1 heterocycles. The number of aryl methyl sites for hydroxylation is 2. The molecule has 0 bridgehead atoms.